The summed E-state index contributed by atoms with van der Waals surface area (Å²) in [5, 5.41) is 3.15. The third-order valence-electron chi connectivity index (χ3n) is 5.50. The first-order chi connectivity index (χ1) is 12.4. The van der Waals surface area contributed by atoms with Crippen LogP contribution >= 0.6 is 0 Å². The number of amides is 2. The molecular formula is C20H28N2O4. The summed E-state index contributed by atoms with van der Waals surface area (Å²) >= 11 is 0. The number of carbonyl (C=O) groups is 2. The molecular weight excluding hydrogens is 332 g/mol. The van der Waals surface area contributed by atoms with Gasteiger partial charge in [0.25, 0.3) is 5.91 Å². The highest BCUT2D eigenvalue weighted by Crippen LogP contribution is 2.33. The van der Waals surface area contributed by atoms with E-state index in [-0.39, 0.29) is 30.0 Å². The number of nitrogens with one attached hydrogen (secondary N) is 1. The summed E-state index contributed by atoms with van der Waals surface area (Å²) < 4.78 is 11.1. The zero-order valence-corrected chi connectivity index (χ0v) is 15.8. The first-order valence-electron chi connectivity index (χ1n) is 9.31. The van der Waals surface area contributed by atoms with Gasteiger partial charge in [-0.25, -0.2) is 0 Å². The fraction of sp³-hybridized carbons (Fsp3) is 0.600. The molecule has 2 aliphatic rings. The van der Waals surface area contributed by atoms with Crippen molar-refractivity contribution in [1.82, 2.24) is 10.2 Å². The number of rotatable bonds is 4. The Morgan fingerprint density at radius 2 is 2.15 bits per heavy atom. The van der Waals surface area contributed by atoms with Crippen molar-refractivity contribution < 1.29 is 19.1 Å². The molecule has 1 aromatic carbocycles. The molecule has 0 saturated carbocycles. The lowest BCUT2D eigenvalue weighted by molar-refractivity contribution is -0.141. The molecule has 2 heterocycles. The molecule has 3 rings (SSSR count). The first kappa shape index (κ1) is 18.5. The molecule has 0 aromatic heterocycles. The van der Waals surface area contributed by atoms with E-state index >= 15 is 0 Å². The Balaban J connectivity index is 1.70. The van der Waals surface area contributed by atoms with Crippen LogP contribution in [0.25, 0.3) is 0 Å². The van der Waals surface area contributed by atoms with E-state index < -0.39 is 0 Å². The average Bonchev–Trinajstić information content (AvgIpc) is 2.76. The SMILES string of the molecule is COc1cc(C)ccc1OCC(=O)N1CCC[C@]2(C)NC(=O)CCC[C@H]12. The number of methoxy groups -OCH3 is 1. The van der Waals surface area contributed by atoms with Crippen molar-refractivity contribution in [1.29, 1.82) is 0 Å². The normalized spacial score (nSPS) is 25.7. The minimum atomic E-state index is -0.344. The van der Waals surface area contributed by atoms with Gasteiger partial charge in [-0.15, -0.1) is 0 Å². The molecule has 0 unspecified atom stereocenters. The number of piperidine rings is 1. The standard InChI is InChI=1S/C20H28N2O4/c1-14-8-9-15(16(12-14)25-3)26-13-19(24)22-11-5-10-20(2)17(22)6-4-7-18(23)21-20/h8-9,12,17H,4-7,10-11,13H2,1-3H3,(H,21,23)/t17-,20-/m0/s1. The van der Waals surface area contributed by atoms with Crippen molar-refractivity contribution in [3.05, 3.63) is 23.8 Å². The molecule has 0 radical (unpaired) electrons. The quantitative estimate of drug-likeness (QED) is 0.895. The second-order valence-corrected chi connectivity index (χ2v) is 7.51. The molecule has 1 N–H and O–H groups in total. The number of hydrogen-bond donors (Lipinski definition) is 1. The summed E-state index contributed by atoms with van der Waals surface area (Å²) in [6.07, 6.45) is 3.97. The first-order valence-corrected chi connectivity index (χ1v) is 9.31. The molecule has 142 valence electrons. The van der Waals surface area contributed by atoms with Crippen LogP contribution in [0, 0.1) is 6.92 Å². The molecule has 2 aliphatic heterocycles. The van der Waals surface area contributed by atoms with Crippen molar-refractivity contribution in [2.75, 3.05) is 20.3 Å². The number of carbonyl (C=O) groups excluding carboxylic acids is 2. The Bertz CT molecular complexity index is 690. The summed E-state index contributed by atoms with van der Waals surface area (Å²) in [5.41, 5.74) is 0.727. The average molecular weight is 360 g/mol. The number of aryl methyl sites for hydroxylation is 1. The third-order valence-corrected chi connectivity index (χ3v) is 5.50. The van der Waals surface area contributed by atoms with Crippen LogP contribution in [0.4, 0.5) is 0 Å². The highest BCUT2D eigenvalue weighted by Gasteiger charge is 2.44. The number of nitrogens with zero attached hydrogens (tertiary/aromatic N) is 1. The molecule has 2 fully saturated rings. The summed E-state index contributed by atoms with van der Waals surface area (Å²) in [4.78, 5) is 26.8. The van der Waals surface area contributed by atoms with E-state index in [1.807, 2.05) is 30.0 Å². The summed E-state index contributed by atoms with van der Waals surface area (Å²) in [6, 6.07) is 5.67. The zero-order chi connectivity index (χ0) is 18.7. The number of hydrogen-bond acceptors (Lipinski definition) is 4. The summed E-state index contributed by atoms with van der Waals surface area (Å²) in [5.74, 6) is 1.24. The smallest absolute Gasteiger partial charge is 0.260 e. The fourth-order valence-corrected chi connectivity index (χ4v) is 4.16. The maximum atomic E-state index is 12.9. The molecule has 0 bridgehead atoms. The van der Waals surface area contributed by atoms with Crippen molar-refractivity contribution in [3.8, 4) is 11.5 Å². The minimum absolute atomic E-state index is 0.0266. The molecule has 0 aliphatic carbocycles. The van der Waals surface area contributed by atoms with Gasteiger partial charge in [0.05, 0.1) is 18.7 Å². The van der Waals surface area contributed by atoms with Crippen molar-refractivity contribution >= 4 is 11.8 Å². The zero-order valence-electron chi connectivity index (χ0n) is 15.8. The van der Waals surface area contributed by atoms with Crippen LogP contribution < -0.4 is 14.8 Å². The molecule has 1 aromatic rings. The van der Waals surface area contributed by atoms with E-state index in [1.165, 1.54) is 0 Å². The van der Waals surface area contributed by atoms with Gasteiger partial charge in [-0.05, 0) is 57.2 Å². The number of likely N-dealkylation sites (tertiary alicyclic amines) is 1. The van der Waals surface area contributed by atoms with Gasteiger partial charge in [-0.3, -0.25) is 9.59 Å². The van der Waals surface area contributed by atoms with E-state index in [9.17, 15) is 9.59 Å². The van der Waals surface area contributed by atoms with Gasteiger partial charge in [0, 0.05) is 13.0 Å². The fourth-order valence-electron chi connectivity index (χ4n) is 4.16. The van der Waals surface area contributed by atoms with E-state index in [0.29, 0.717) is 24.5 Å². The highest BCUT2D eigenvalue weighted by atomic mass is 16.5. The van der Waals surface area contributed by atoms with Crippen LogP contribution in [0.3, 0.4) is 0 Å². The van der Waals surface area contributed by atoms with Gasteiger partial charge in [-0.1, -0.05) is 6.07 Å². The Hall–Kier alpha value is -2.24. The largest absolute Gasteiger partial charge is 0.493 e. The molecule has 2 saturated heterocycles. The van der Waals surface area contributed by atoms with Crippen LogP contribution in [0.5, 0.6) is 11.5 Å². The van der Waals surface area contributed by atoms with Crippen LogP contribution in [0.2, 0.25) is 0 Å². The molecule has 6 heteroatoms. The van der Waals surface area contributed by atoms with Gasteiger partial charge >= 0.3 is 0 Å². The molecule has 0 spiro atoms. The second kappa shape index (κ2) is 7.56. The Morgan fingerprint density at radius 3 is 2.92 bits per heavy atom. The number of benzene rings is 1. The van der Waals surface area contributed by atoms with Gasteiger partial charge < -0.3 is 19.7 Å². The van der Waals surface area contributed by atoms with Gasteiger partial charge in [0.15, 0.2) is 18.1 Å². The predicted molar refractivity (Wildman–Crippen MR) is 98.4 cm³/mol. The second-order valence-electron chi connectivity index (χ2n) is 7.51. The number of fused-ring (bicyclic) bond motifs is 1. The van der Waals surface area contributed by atoms with Gasteiger partial charge in [-0.2, -0.15) is 0 Å². The third kappa shape index (κ3) is 3.79. The topological polar surface area (TPSA) is 67.9 Å². The van der Waals surface area contributed by atoms with Crippen molar-refractivity contribution in [3.63, 3.8) is 0 Å². The van der Waals surface area contributed by atoms with E-state index in [4.69, 9.17) is 9.47 Å². The summed E-state index contributed by atoms with van der Waals surface area (Å²) in [6.45, 7) is 4.72. The van der Waals surface area contributed by atoms with Crippen LogP contribution in [-0.2, 0) is 9.59 Å². The van der Waals surface area contributed by atoms with E-state index in [2.05, 4.69) is 12.2 Å². The molecule has 2 atom stereocenters. The monoisotopic (exact) mass is 360 g/mol. The minimum Gasteiger partial charge on any atom is -0.493 e. The molecule has 26 heavy (non-hydrogen) atoms. The molecule has 6 nitrogen and oxygen atoms in total. The Morgan fingerprint density at radius 1 is 1.35 bits per heavy atom. The van der Waals surface area contributed by atoms with Crippen LogP contribution in [0.15, 0.2) is 18.2 Å². The lowest BCUT2D eigenvalue weighted by atomic mass is 9.81. The highest BCUT2D eigenvalue weighted by molar-refractivity contribution is 5.80. The Kier molecular flexibility index (Phi) is 5.39. The van der Waals surface area contributed by atoms with Crippen molar-refractivity contribution in [2.45, 2.75) is 57.5 Å². The van der Waals surface area contributed by atoms with Crippen LogP contribution in [0.1, 0.15) is 44.6 Å². The number of ether oxygens (including phenoxy) is 2. The maximum absolute atomic E-state index is 12.9. The Labute approximate surface area is 154 Å². The van der Waals surface area contributed by atoms with Crippen LogP contribution in [-0.4, -0.2) is 48.6 Å². The summed E-state index contributed by atoms with van der Waals surface area (Å²) in [7, 11) is 1.59. The lowest BCUT2D eigenvalue weighted by Gasteiger charge is -2.47. The van der Waals surface area contributed by atoms with Crippen molar-refractivity contribution in [2.24, 2.45) is 0 Å². The van der Waals surface area contributed by atoms with E-state index in [0.717, 1.165) is 31.2 Å². The predicted octanol–water partition coefficient (Wildman–Crippen LogP) is 2.43. The maximum Gasteiger partial charge on any atom is 0.260 e. The lowest BCUT2D eigenvalue weighted by Crippen LogP contribution is -2.64. The van der Waals surface area contributed by atoms with E-state index in [1.54, 1.807) is 7.11 Å². The van der Waals surface area contributed by atoms with Gasteiger partial charge in [0.1, 0.15) is 0 Å². The molecule has 2 amide bonds. The van der Waals surface area contributed by atoms with Gasteiger partial charge in [0.2, 0.25) is 5.91 Å².